The summed E-state index contributed by atoms with van der Waals surface area (Å²) in [6.45, 7) is 1.95. The molecule has 1 atom stereocenters. The average Bonchev–Trinajstić information content (AvgIpc) is 2.92. The zero-order chi connectivity index (χ0) is 14.8. The third-order valence-electron chi connectivity index (χ3n) is 3.58. The minimum atomic E-state index is -0.518. The number of hydrogen-bond donors (Lipinski definition) is 0. The summed E-state index contributed by atoms with van der Waals surface area (Å²) >= 11 is 0. The van der Waals surface area contributed by atoms with E-state index >= 15 is 0 Å². The number of carbonyl (C=O) groups excluding carboxylic acids is 1. The molecule has 0 bridgehead atoms. The molecule has 1 fully saturated rings. The smallest absolute Gasteiger partial charge is 0.430 e. The Morgan fingerprint density at radius 2 is 1.81 bits per heavy atom. The Hall–Kier alpha value is -1.55. The van der Waals surface area contributed by atoms with E-state index in [1.165, 1.54) is 24.8 Å². The zero-order valence-electron chi connectivity index (χ0n) is 12.5. The topological polar surface area (TPSA) is 44.8 Å². The van der Waals surface area contributed by atoms with E-state index in [1.54, 1.807) is 0 Å². The number of unbranched alkanes of at least 4 members (excludes halogenated alkanes) is 4. The lowest BCUT2D eigenvalue weighted by molar-refractivity contribution is 0.114. The first-order valence-corrected chi connectivity index (χ1v) is 7.79. The maximum Gasteiger partial charge on any atom is 0.508 e. The summed E-state index contributed by atoms with van der Waals surface area (Å²) in [5, 5.41) is 0. The maximum absolute atomic E-state index is 10.7. The summed E-state index contributed by atoms with van der Waals surface area (Å²) < 4.78 is 15.4. The largest absolute Gasteiger partial charge is 0.508 e. The van der Waals surface area contributed by atoms with Crippen LogP contribution in [0.5, 0.6) is 0 Å². The summed E-state index contributed by atoms with van der Waals surface area (Å²) in [5.74, 6) is 0. The highest BCUT2D eigenvalue weighted by atomic mass is 16.8. The standard InChI is InChI=1S/C17H24O4/c18-17-20-14-16(21-17)11-7-2-1-3-8-12-19-13-15-9-5-4-6-10-15/h4-6,9-10,16H,1-3,7-8,11-14H2/t16-/m1/s1. The van der Waals surface area contributed by atoms with Crippen molar-refractivity contribution in [3.63, 3.8) is 0 Å². The van der Waals surface area contributed by atoms with Crippen molar-refractivity contribution in [3.8, 4) is 0 Å². The maximum atomic E-state index is 10.7. The van der Waals surface area contributed by atoms with Crippen LogP contribution in [-0.4, -0.2) is 25.5 Å². The molecule has 0 aliphatic carbocycles. The van der Waals surface area contributed by atoms with E-state index in [0.717, 1.165) is 25.9 Å². The monoisotopic (exact) mass is 292 g/mol. The molecule has 1 saturated heterocycles. The van der Waals surface area contributed by atoms with Crippen molar-refractivity contribution < 1.29 is 19.0 Å². The van der Waals surface area contributed by atoms with Crippen molar-refractivity contribution >= 4 is 6.16 Å². The van der Waals surface area contributed by atoms with Gasteiger partial charge >= 0.3 is 6.16 Å². The normalized spacial score (nSPS) is 17.5. The molecule has 21 heavy (non-hydrogen) atoms. The van der Waals surface area contributed by atoms with E-state index in [2.05, 4.69) is 12.1 Å². The first-order valence-electron chi connectivity index (χ1n) is 7.79. The van der Waals surface area contributed by atoms with Crippen molar-refractivity contribution in [1.82, 2.24) is 0 Å². The molecule has 2 rings (SSSR count). The van der Waals surface area contributed by atoms with Crippen LogP contribution in [-0.2, 0) is 20.8 Å². The quantitative estimate of drug-likeness (QED) is 0.481. The molecule has 4 heteroatoms. The van der Waals surface area contributed by atoms with Crippen LogP contribution in [0.2, 0.25) is 0 Å². The summed E-state index contributed by atoms with van der Waals surface area (Å²) in [6.07, 6.45) is 6.14. The summed E-state index contributed by atoms with van der Waals surface area (Å²) in [4.78, 5) is 10.7. The third kappa shape index (κ3) is 6.63. The predicted octanol–water partition coefficient (Wildman–Crippen LogP) is 4.08. The molecule has 1 aliphatic rings. The zero-order valence-corrected chi connectivity index (χ0v) is 12.5. The molecule has 1 heterocycles. The molecule has 0 unspecified atom stereocenters. The van der Waals surface area contributed by atoms with Crippen LogP contribution >= 0.6 is 0 Å². The van der Waals surface area contributed by atoms with Gasteiger partial charge in [-0.3, -0.25) is 0 Å². The number of ether oxygens (including phenoxy) is 3. The van der Waals surface area contributed by atoms with Crippen LogP contribution in [0.15, 0.2) is 30.3 Å². The van der Waals surface area contributed by atoms with E-state index in [1.807, 2.05) is 18.2 Å². The Morgan fingerprint density at radius 1 is 1.05 bits per heavy atom. The van der Waals surface area contributed by atoms with E-state index in [4.69, 9.17) is 14.2 Å². The van der Waals surface area contributed by atoms with Crippen molar-refractivity contribution in [2.24, 2.45) is 0 Å². The average molecular weight is 292 g/mol. The highest BCUT2D eigenvalue weighted by molar-refractivity contribution is 5.61. The van der Waals surface area contributed by atoms with Crippen molar-refractivity contribution in [1.29, 1.82) is 0 Å². The van der Waals surface area contributed by atoms with Gasteiger partial charge in [0.1, 0.15) is 12.7 Å². The van der Waals surface area contributed by atoms with E-state index < -0.39 is 6.16 Å². The minimum Gasteiger partial charge on any atom is -0.430 e. The van der Waals surface area contributed by atoms with Gasteiger partial charge in [0, 0.05) is 6.61 Å². The Labute approximate surface area is 126 Å². The van der Waals surface area contributed by atoms with Crippen molar-refractivity contribution in [2.45, 2.75) is 51.2 Å². The van der Waals surface area contributed by atoms with Gasteiger partial charge in [0.05, 0.1) is 6.61 Å². The van der Waals surface area contributed by atoms with Crippen LogP contribution < -0.4 is 0 Å². The van der Waals surface area contributed by atoms with Crippen LogP contribution in [0.3, 0.4) is 0 Å². The van der Waals surface area contributed by atoms with E-state index in [9.17, 15) is 4.79 Å². The SMILES string of the molecule is O=C1OC[C@@H](CCCCCCCOCc2ccccc2)O1. The molecule has 0 amide bonds. The molecule has 0 N–H and O–H groups in total. The van der Waals surface area contributed by atoms with Gasteiger partial charge < -0.3 is 14.2 Å². The Balaban J connectivity index is 1.36. The summed E-state index contributed by atoms with van der Waals surface area (Å²) in [5.41, 5.74) is 1.23. The predicted molar refractivity (Wildman–Crippen MR) is 80.0 cm³/mol. The Kier molecular flexibility index (Phi) is 7.08. The summed E-state index contributed by atoms with van der Waals surface area (Å²) in [7, 11) is 0. The van der Waals surface area contributed by atoms with Crippen LogP contribution in [0.25, 0.3) is 0 Å². The minimum absolute atomic E-state index is 0.0216. The van der Waals surface area contributed by atoms with Gasteiger partial charge in [-0.25, -0.2) is 4.79 Å². The van der Waals surface area contributed by atoms with Crippen LogP contribution in [0, 0.1) is 0 Å². The molecule has 1 aliphatic heterocycles. The second-order valence-corrected chi connectivity index (χ2v) is 5.40. The Bertz CT molecular complexity index is 405. The van der Waals surface area contributed by atoms with Crippen molar-refractivity contribution in [2.75, 3.05) is 13.2 Å². The lowest BCUT2D eigenvalue weighted by Crippen LogP contribution is -2.09. The molecule has 1 aromatic carbocycles. The van der Waals surface area contributed by atoms with Gasteiger partial charge in [-0.15, -0.1) is 0 Å². The van der Waals surface area contributed by atoms with Gasteiger partial charge in [-0.2, -0.15) is 0 Å². The first kappa shape index (κ1) is 15.8. The molecule has 0 aromatic heterocycles. The number of hydrogen-bond acceptors (Lipinski definition) is 4. The highest BCUT2D eigenvalue weighted by Gasteiger charge is 2.23. The molecule has 0 spiro atoms. The lowest BCUT2D eigenvalue weighted by atomic mass is 10.1. The fourth-order valence-electron chi connectivity index (χ4n) is 2.38. The summed E-state index contributed by atoms with van der Waals surface area (Å²) in [6, 6.07) is 10.2. The Morgan fingerprint density at radius 3 is 2.57 bits per heavy atom. The number of carbonyl (C=O) groups is 1. The molecule has 0 radical (unpaired) electrons. The number of cyclic esters (lactones) is 2. The molecule has 4 nitrogen and oxygen atoms in total. The van der Waals surface area contributed by atoms with Crippen molar-refractivity contribution in [3.05, 3.63) is 35.9 Å². The fourth-order valence-corrected chi connectivity index (χ4v) is 2.38. The molecule has 0 saturated carbocycles. The number of rotatable bonds is 10. The van der Waals surface area contributed by atoms with Crippen LogP contribution in [0.4, 0.5) is 4.79 Å². The third-order valence-corrected chi connectivity index (χ3v) is 3.58. The van der Waals surface area contributed by atoms with Gasteiger partial charge in [0.25, 0.3) is 0 Å². The van der Waals surface area contributed by atoms with Gasteiger partial charge in [-0.05, 0) is 24.8 Å². The molecule has 116 valence electrons. The fraction of sp³-hybridized carbons (Fsp3) is 0.588. The first-order chi connectivity index (χ1) is 10.3. The van der Waals surface area contributed by atoms with Gasteiger partial charge in [0.15, 0.2) is 0 Å². The second-order valence-electron chi connectivity index (χ2n) is 5.40. The van der Waals surface area contributed by atoms with E-state index in [0.29, 0.717) is 13.2 Å². The highest BCUT2D eigenvalue weighted by Crippen LogP contribution is 2.14. The lowest BCUT2D eigenvalue weighted by Gasteiger charge is -2.06. The molecule has 1 aromatic rings. The number of benzene rings is 1. The van der Waals surface area contributed by atoms with Gasteiger partial charge in [0.2, 0.25) is 0 Å². The van der Waals surface area contributed by atoms with E-state index in [-0.39, 0.29) is 6.10 Å². The molecular weight excluding hydrogens is 268 g/mol. The molecular formula is C17H24O4. The van der Waals surface area contributed by atoms with Gasteiger partial charge in [-0.1, -0.05) is 49.6 Å². The second kappa shape index (κ2) is 9.40. The van der Waals surface area contributed by atoms with Crippen LogP contribution in [0.1, 0.15) is 44.1 Å².